The third kappa shape index (κ3) is 3.54. The molecule has 1 aliphatic rings. The van der Waals surface area contributed by atoms with E-state index in [4.69, 9.17) is 26.2 Å². The van der Waals surface area contributed by atoms with Gasteiger partial charge < -0.3 is 24.2 Å². The molecule has 1 unspecified atom stereocenters. The minimum Gasteiger partial charge on any atom is -0.493 e. The maximum absolute atomic E-state index is 5.70. The molecule has 0 saturated carbocycles. The first-order valence-corrected chi connectivity index (χ1v) is 10.7. The van der Waals surface area contributed by atoms with Gasteiger partial charge in [-0.25, -0.2) is 0 Å². The molecule has 0 saturated heterocycles. The van der Waals surface area contributed by atoms with Crippen LogP contribution in [0.5, 0.6) is 11.5 Å². The fourth-order valence-electron chi connectivity index (χ4n) is 3.56. The van der Waals surface area contributed by atoms with Crippen LogP contribution < -0.4 is 14.8 Å². The third-order valence-corrected chi connectivity index (χ3v) is 6.26. The van der Waals surface area contributed by atoms with Crippen LogP contribution in [0.4, 0.5) is 0 Å². The summed E-state index contributed by atoms with van der Waals surface area (Å²) in [6.45, 7) is 4.80. The summed E-state index contributed by atoms with van der Waals surface area (Å²) in [4.78, 5) is 7.66. The van der Waals surface area contributed by atoms with Crippen LogP contribution in [0.2, 0.25) is 0 Å². The molecule has 0 aliphatic carbocycles. The van der Waals surface area contributed by atoms with Gasteiger partial charge in [0.05, 0.1) is 30.7 Å². The van der Waals surface area contributed by atoms with Gasteiger partial charge in [0, 0.05) is 12.2 Å². The fourth-order valence-corrected chi connectivity index (χ4v) is 4.59. The summed E-state index contributed by atoms with van der Waals surface area (Å²) in [5.41, 5.74) is 2.81. The Kier molecular flexibility index (Phi) is 5.74. The van der Waals surface area contributed by atoms with E-state index in [-0.39, 0.29) is 6.04 Å². The Bertz CT molecular complexity index is 1090. The van der Waals surface area contributed by atoms with Gasteiger partial charge in [-0.15, -0.1) is 11.3 Å². The maximum Gasteiger partial charge on any atom is 0.258 e. The van der Waals surface area contributed by atoms with Crippen LogP contribution in [0.15, 0.2) is 45.9 Å². The van der Waals surface area contributed by atoms with Crippen LogP contribution in [0.3, 0.4) is 0 Å². The van der Waals surface area contributed by atoms with E-state index in [1.54, 1.807) is 25.6 Å². The molecule has 7 nitrogen and oxygen atoms in total. The van der Waals surface area contributed by atoms with Gasteiger partial charge >= 0.3 is 0 Å². The van der Waals surface area contributed by atoms with Gasteiger partial charge in [-0.3, -0.25) is 0 Å². The lowest BCUT2D eigenvalue weighted by Gasteiger charge is -2.36. The van der Waals surface area contributed by atoms with Crippen molar-refractivity contribution in [3.63, 3.8) is 0 Å². The summed E-state index contributed by atoms with van der Waals surface area (Å²) < 4.78 is 16.6. The summed E-state index contributed by atoms with van der Waals surface area (Å²) in [6.07, 6.45) is 0. The van der Waals surface area contributed by atoms with Crippen molar-refractivity contribution >= 4 is 34.2 Å². The molecule has 1 aromatic carbocycles. The molecule has 3 aromatic rings. The van der Waals surface area contributed by atoms with Crippen molar-refractivity contribution < 1.29 is 14.0 Å². The van der Waals surface area contributed by atoms with Crippen LogP contribution in [0, 0.1) is 0 Å². The number of hydrogen-bond acceptors (Lipinski definition) is 7. The molecule has 30 heavy (non-hydrogen) atoms. The second-order valence-electron chi connectivity index (χ2n) is 6.64. The zero-order valence-corrected chi connectivity index (χ0v) is 18.8. The molecule has 1 N–H and O–H groups in total. The second kappa shape index (κ2) is 8.45. The molecule has 1 atom stereocenters. The van der Waals surface area contributed by atoms with Gasteiger partial charge in [-0.05, 0) is 55.2 Å². The number of thiocarbonyl (C=S) groups is 1. The average Bonchev–Trinajstić information content (AvgIpc) is 3.45. The zero-order chi connectivity index (χ0) is 21.3. The first-order valence-electron chi connectivity index (χ1n) is 9.46. The molecule has 1 aliphatic heterocycles. The molecule has 4 rings (SSSR count). The molecular formula is C21H22N4O3S2. The predicted molar refractivity (Wildman–Crippen MR) is 121 cm³/mol. The number of hydrogen-bond donors (Lipinski definition) is 1. The van der Waals surface area contributed by atoms with E-state index < -0.39 is 0 Å². The number of benzene rings is 1. The first kappa shape index (κ1) is 20.4. The highest BCUT2D eigenvalue weighted by Gasteiger charge is 2.34. The lowest BCUT2D eigenvalue weighted by molar-refractivity contribution is 0.354. The minimum atomic E-state index is -0.267. The second-order valence-corrected chi connectivity index (χ2v) is 7.98. The highest BCUT2D eigenvalue weighted by Crippen LogP contribution is 2.40. The van der Waals surface area contributed by atoms with Crippen molar-refractivity contribution in [3.05, 3.63) is 52.9 Å². The van der Waals surface area contributed by atoms with Crippen LogP contribution in [0.1, 0.15) is 31.3 Å². The molecule has 0 radical (unpaired) electrons. The lowest BCUT2D eigenvalue weighted by Crippen LogP contribution is -2.45. The number of thiophene rings is 1. The van der Waals surface area contributed by atoms with Crippen molar-refractivity contribution in [2.24, 2.45) is 0 Å². The molecule has 156 valence electrons. The Labute approximate surface area is 184 Å². The summed E-state index contributed by atoms with van der Waals surface area (Å²) in [6, 6.07) is 9.46. The smallest absolute Gasteiger partial charge is 0.258 e. The topological polar surface area (TPSA) is 72.7 Å². The normalized spacial score (nSPS) is 16.6. The molecule has 0 fully saturated rings. The van der Waals surface area contributed by atoms with Gasteiger partial charge in [-0.1, -0.05) is 17.3 Å². The van der Waals surface area contributed by atoms with Crippen molar-refractivity contribution in [2.45, 2.75) is 19.9 Å². The van der Waals surface area contributed by atoms with E-state index in [9.17, 15) is 0 Å². The monoisotopic (exact) mass is 442 g/mol. The van der Waals surface area contributed by atoms with Gasteiger partial charge in [0.25, 0.3) is 5.89 Å². The Hall–Kier alpha value is -2.91. The van der Waals surface area contributed by atoms with Crippen LogP contribution >= 0.6 is 23.6 Å². The van der Waals surface area contributed by atoms with E-state index in [2.05, 4.69) is 22.4 Å². The van der Waals surface area contributed by atoms with Gasteiger partial charge in [0.2, 0.25) is 5.82 Å². The molecular weight excluding hydrogens is 420 g/mol. The number of nitrogens with one attached hydrogen (secondary N) is 1. The fraction of sp³-hybridized carbons (Fsp3) is 0.286. The standard InChI is InChI=1S/C21H22N4O3S2/c1-5-25-12(2)17(20-23-19(24-28-20)16-7-6-10-30-16)18(22-21(25)29)13-8-9-14(26-3)15(11-13)27-4/h6-11,18H,5H2,1-4H3,(H,22,29). The summed E-state index contributed by atoms with van der Waals surface area (Å²) >= 11 is 7.19. The van der Waals surface area contributed by atoms with E-state index >= 15 is 0 Å². The number of aromatic nitrogens is 2. The van der Waals surface area contributed by atoms with Crippen LogP contribution in [-0.2, 0) is 0 Å². The Morgan fingerprint density at radius 3 is 2.70 bits per heavy atom. The minimum absolute atomic E-state index is 0.267. The number of allylic oxidation sites excluding steroid dienone is 1. The molecule has 0 spiro atoms. The highest BCUT2D eigenvalue weighted by molar-refractivity contribution is 7.80. The molecule has 2 aromatic heterocycles. The zero-order valence-electron chi connectivity index (χ0n) is 17.1. The van der Waals surface area contributed by atoms with Crippen molar-refractivity contribution in [1.82, 2.24) is 20.4 Å². The average molecular weight is 443 g/mol. The van der Waals surface area contributed by atoms with Gasteiger partial charge in [0.1, 0.15) is 0 Å². The molecule has 0 bridgehead atoms. The molecule has 9 heteroatoms. The lowest BCUT2D eigenvalue weighted by atomic mass is 9.94. The highest BCUT2D eigenvalue weighted by atomic mass is 32.1. The number of nitrogens with zero attached hydrogens (tertiary/aromatic N) is 3. The summed E-state index contributed by atoms with van der Waals surface area (Å²) in [5, 5.41) is 10.3. The Balaban J connectivity index is 1.83. The largest absolute Gasteiger partial charge is 0.493 e. The Morgan fingerprint density at radius 1 is 1.23 bits per heavy atom. The number of ether oxygens (including phenoxy) is 2. The SMILES string of the molecule is CCN1C(=S)NC(c2ccc(OC)c(OC)c2)C(c2nc(-c3cccs3)no2)=C1C. The third-order valence-electron chi connectivity index (χ3n) is 5.05. The Morgan fingerprint density at radius 2 is 2.03 bits per heavy atom. The van der Waals surface area contributed by atoms with Crippen molar-refractivity contribution in [1.29, 1.82) is 0 Å². The van der Waals surface area contributed by atoms with Crippen LogP contribution in [-0.4, -0.2) is 40.9 Å². The predicted octanol–water partition coefficient (Wildman–Crippen LogP) is 4.50. The van der Waals surface area contributed by atoms with E-state index in [0.717, 1.165) is 28.3 Å². The van der Waals surface area contributed by atoms with Crippen molar-refractivity contribution in [2.75, 3.05) is 20.8 Å². The van der Waals surface area contributed by atoms with E-state index in [1.807, 2.05) is 47.5 Å². The molecule has 0 amide bonds. The van der Waals surface area contributed by atoms with Crippen LogP contribution in [0.25, 0.3) is 16.3 Å². The first-order chi connectivity index (χ1) is 14.6. The number of rotatable bonds is 6. The summed E-state index contributed by atoms with van der Waals surface area (Å²) in [7, 11) is 3.23. The van der Waals surface area contributed by atoms with E-state index in [1.165, 1.54) is 0 Å². The maximum atomic E-state index is 5.70. The number of methoxy groups -OCH3 is 2. The van der Waals surface area contributed by atoms with E-state index in [0.29, 0.717) is 28.3 Å². The quantitative estimate of drug-likeness (QED) is 0.560. The van der Waals surface area contributed by atoms with Gasteiger partial charge in [-0.2, -0.15) is 4.98 Å². The molecule has 3 heterocycles. The summed E-state index contributed by atoms with van der Waals surface area (Å²) in [5.74, 6) is 2.34. The van der Waals surface area contributed by atoms with Crippen molar-refractivity contribution in [3.8, 4) is 22.2 Å². The van der Waals surface area contributed by atoms with Gasteiger partial charge in [0.15, 0.2) is 16.6 Å².